The number of carbonyl (C=O) groups excluding carboxylic acids is 1. The van der Waals surface area contributed by atoms with E-state index in [1.807, 2.05) is 26.8 Å². The predicted octanol–water partition coefficient (Wildman–Crippen LogP) is 4.08. The fraction of sp³-hybridized carbons (Fsp3) is 0.333. The highest BCUT2D eigenvalue weighted by Gasteiger charge is 2.28. The summed E-state index contributed by atoms with van der Waals surface area (Å²) in [5, 5.41) is 3.09. The van der Waals surface area contributed by atoms with Crippen LogP contribution in [0.25, 0.3) is 11.0 Å². The third-order valence-electron chi connectivity index (χ3n) is 6.01. The fourth-order valence-electron chi connectivity index (χ4n) is 3.98. The second-order valence-corrected chi connectivity index (χ2v) is 10.4. The fourth-order valence-corrected chi connectivity index (χ4v) is 5.58. The van der Waals surface area contributed by atoms with Gasteiger partial charge in [0, 0.05) is 24.8 Å². The minimum atomic E-state index is -3.57. The first-order chi connectivity index (χ1) is 15.2. The first kappa shape index (κ1) is 22.2. The summed E-state index contributed by atoms with van der Waals surface area (Å²) in [6.45, 7) is 6.83. The largest absolute Gasteiger partial charge is 0.450 e. The minimum Gasteiger partial charge on any atom is -0.450 e. The molecule has 0 radical (unpaired) electrons. The summed E-state index contributed by atoms with van der Waals surface area (Å²) in [7, 11) is -3.57. The van der Waals surface area contributed by atoms with Crippen LogP contribution in [0.3, 0.4) is 0 Å². The van der Waals surface area contributed by atoms with Crippen LogP contribution in [0.4, 0.5) is 5.69 Å². The zero-order valence-corrected chi connectivity index (χ0v) is 19.2. The molecule has 1 aliphatic heterocycles. The highest BCUT2D eigenvalue weighted by atomic mass is 32.2. The van der Waals surface area contributed by atoms with Crippen LogP contribution in [0, 0.1) is 19.8 Å². The summed E-state index contributed by atoms with van der Waals surface area (Å²) in [6, 6.07) is 10.7. The summed E-state index contributed by atoms with van der Waals surface area (Å²) in [6.07, 6.45) is 1.88. The Kier molecular flexibility index (Phi) is 5.92. The highest BCUT2D eigenvalue weighted by Crippen LogP contribution is 2.25. The SMILES string of the molecule is Cc1ccc2c(=O)cc(C(=O)Nc3ccc(S(=O)(=O)N4CCC[C@@H](C)C4)cc3)oc2c1C. The number of hydrogen-bond acceptors (Lipinski definition) is 5. The first-order valence-electron chi connectivity index (χ1n) is 10.6. The van der Waals surface area contributed by atoms with E-state index in [-0.39, 0.29) is 16.1 Å². The van der Waals surface area contributed by atoms with E-state index >= 15 is 0 Å². The summed E-state index contributed by atoms with van der Waals surface area (Å²) >= 11 is 0. The number of fused-ring (bicyclic) bond motifs is 1. The first-order valence-corrected chi connectivity index (χ1v) is 12.1. The Morgan fingerprint density at radius 3 is 2.53 bits per heavy atom. The quantitative estimate of drug-likeness (QED) is 0.641. The topological polar surface area (TPSA) is 96.7 Å². The average molecular weight is 455 g/mol. The molecule has 7 nitrogen and oxygen atoms in total. The lowest BCUT2D eigenvalue weighted by molar-refractivity contribution is 0.0997. The van der Waals surface area contributed by atoms with Crippen molar-refractivity contribution in [1.29, 1.82) is 0 Å². The molecule has 1 aliphatic rings. The molecular formula is C24H26N2O5S. The number of nitrogens with one attached hydrogen (secondary N) is 1. The van der Waals surface area contributed by atoms with Crippen LogP contribution in [-0.2, 0) is 10.0 Å². The number of aryl methyl sites for hydroxylation is 2. The van der Waals surface area contributed by atoms with Crippen molar-refractivity contribution in [2.75, 3.05) is 18.4 Å². The predicted molar refractivity (Wildman–Crippen MR) is 124 cm³/mol. The van der Waals surface area contributed by atoms with Gasteiger partial charge in [-0.1, -0.05) is 13.0 Å². The van der Waals surface area contributed by atoms with E-state index in [0.29, 0.717) is 35.7 Å². The molecule has 1 fully saturated rings. The normalized spacial score (nSPS) is 17.4. The van der Waals surface area contributed by atoms with Crippen molar-refractivity contribution < 1.29 is 17.6 Å². The van der Waals surface area contributed by atoms with Crippen LogP contribution in [0.15, 0.2) is 56.6 Å². The van der Waals surface area contributed by atoms with E-state index < -0.39 is 15.9 Å². The molecule has 0 unspecified atom stereocenters. The number of amides is 1. The van der Waals surface area contributed by atoms with Gasteiger partial charge in [-0.3, -0.25) is 9.59 Å². The number of anilines is 1. The molecule has 1 atom stereocenters. The Hall–Kier alpha value is -2.97. The molecule has 0 spiro atoms. The Morgan fingerprint density at radius 1 is 1.12 bits per heavy atom. The molecule has 4 rings (SSSR count). The van der Waals surface area contributed by atoms with Crippen molar-refractivity contribution in [1.82, 2.24) is 4.31 Å². The third kappa shape index (κ3) is 4.20. The molecule has 2 aromatic carbocycles. The van der Waals surface area contributed by atoms with Gasteiger partial charge in [-0.15, -0.1) is 0 Å². The molecule has 0 aliphatic carbocycles. The van der Waals surface area contributed by atoms with E-state index in [2.05, 4.69) is 5.32 Å². The maximum absolute atomic E-state index is 12.9. The zero-order valence-electron chi connectivity index (χ0n) is 18.3. The molecule has 1 N–H and O–H groups in total. The Bertz CT molecular complexity index is 1340. The molecule has 1 saturated heterocycles. The molecule has 168 valence electrons. The molecule has 1 amide bonds. The van der Waals surface area contributed by atoms with Gasteiger partial charge in [0.25, 0.3) is 5.91 Å². The van der Waals surface area contributed by atoms with Gasteiger partial charge < -0.3 is 9.73 Å². The lowest BCUT2D eigenvalue weighted by Gasteiger charge is -2.30. The van der Waals surface area contributed by atoms with E-state index in [1.54, 1.807) is 6.07 Å². The van der Waals surface area contributed by atoms with Crippen LogP contribution >= 0.6 is 0 Å². The second-order valence-electron chi connectivity index (χ2n) is 8.45. The smallest absolute Gasteiger partial charge is 0.291 e. The van der Waals surface area contributed by atoms with Crippen LogP contribution in [0.2, 0.25) is 0 Å². The number of carbonyl (C=O) groups is 1. The van der Waals surface area contributed by atoms with Crippen LogP contribution < -0.4 is 10.7 Å². The van der Waals surface area contributed by atoms with Gasteiger partial charge in [-0.2, -0.15) is 4.31 Å². The van der Waals surface area contributed by atoms with Gasteiger partial charge in [0.2, 0.25) is 10.0 Å². The number of hydrogen-bond donors (Lipinski definition) is 1. The average Bonchev–Trinajstić information content (AvgIpc) is 2.76. The lowest BCUT2D eigenvalue weighted by atomic mass is 10.0. The van der Waals surface area contributed by atoms with Crippen LogP contribution in [-0.4, -0.2) is 31.7 Å². The Labute approximate surface area is 187 Å². The summed E-state index contributed by atoms with van der Waals surface area (Å²) in [5.74, 6) is -0.346. The van der Waals surface area contributed by atoms with Gasteiger partial charge in [0.1, 0.15) is 5.58 Å². The van der Waals surface area contributed by atoms with E-state index in [0.717, 1.165) is 24.0 Å². The van der Waals surface area contributed by atoms with Gasteiger partial charge in [-0.25, -0.2) is 8.42 Å². The van der Waals surface area contributed by atoms with Gasteiger partial charge in [0.15, 0.2) is 11.2 Å². The molecule has 8 heteroatoms. The minimum absolute atomic E-state index is 0.102. The van der Waals surface area contributed by atoms with E-state index in [1.165, 1.54) is 34.6 Å². The zero-order chi connectivity index (χ0) is 23.0. The number of benzene rings is 2. The van der Waals surface area contributed by atoms with Crippen molar-refractivity contribution in [3.8, 4) is 0 Å². The highest BCUT2D eigenvalue weighted by molar-refractivity contribution is 7.89. The molecule has 32 heavy (non-hydrogen) atoms. The van der Waals surface area contributed by atoms with Crippen LogP contribution in [0.1, 0.15) is 41.4 Å². The maximum atomic E-state index is 12.9. The number of piperidine rings is 1. The van der Waals surface area contributed by atoms with Crippen molar-refractivity contribution in [2.45, 2.75) is 38.5 Å². The summed E-state index contributed by atoms with van der Waals surface area (Å²) in [5.41, 5.74) is 2.26. The maximum Gasteiger partial charge on any atom is 0.291 e. The van der Waals surface area contributed by atoms with E-state index in [4.69, 9.17) is 4.42 Å². The van der Waals surface area contributed by atoms with Gasteiger partial charge in [-0.05, 0) is 74.1 Å². The third-order valence-corrected chi connectivity index (χ3v) is 7.89. The monoisotopic (exact) mass is 454 g/mol. The molecule has 1 aromatic heterocycles. The number of sulfonamides is 1. The lowest BCUT2D eigenvalue weighted by Crippen LogP contribution is -2.39. The van der Waals surface area contributed by atoms with Gasteiger partial charge >= 0.3 is 0 Å². The van der Waals surface area contributed by atoms with Crippen molar-refractivity contribution in [2.24, 2.45) is 5.92 Å². The van der Waals surface area contributed by atoms with Crippen LogP contribution in [0.5, 0.6) is 0 Å². The Balaban J connectivity index is 1.56. The second kappa shape index (κ2) is 8.52. The number of rotatable bonds is 4. The number of nitrogens with zero attached hydrogens (tertiary/aromatic N) is 1. The molecule has 0 bridgehead atoms. The van der Waals surface area contributed by atoms with Crippen molar-refractivity contribution >= 4 is 32.6 Å². The summed E-state index contributed by atoms with van der Waals surface area (Å²) in [4.78, 5) is 25.3. The standard InChI is InChI=1S/C24H26N2O5S/c1-15-5-4-12-26(14-15)32(29,30)19-9-7-18(8-10-19)25-24(28)22-13-21(27)20-11-6-16(2)17(3)23(20)31-22/h6-11,13,15H,4-5,12,14H2,1-3H3,(H,25,28)/t15-/m1/s1. The van der Waals surface area contributed by atoms with Crippen molar-refractivity contribution in [3.63, 3.8) is 0 Å². The molecular weight excluding hydrogens is 428 g/mol. The molecule has 2 heterocycles. The Morgan fingerprint density at radius 2 is 1.84 bits per heavy atom. The molecule has 3 aromatic rings. The summed E-state index contributed by atoms with van der Waals surface area (Å²) < 4.78 is 33.1. The van der Waals surface area contributed by atoms with E-state index in [9.17, 15) is 18.0 Å². The van der Waals surface area contributed by atoms with Gasteiger partial charge in [0.05, 0.1) is 10.3 Å². The molecule has 0 saturated carbocycles. The van der Waals surface area contributed by atoms with Crippen molar-refractivity contribution in [3.05, 3.63) is 69.6 Å².